The lowest BCUT2D eigenvalue weighted by atomic mass is 10.1. The van der Waals surface area contributed by atoms with Gasteiger partial charge in [0, 0.05) is 6.54 Å². The number of thioether (sulfide) groups is 1. The first-order chi connectivity index (χ1) is 11.9. The van der Waals surface area contributed by atoms with E-state index in [9.17, 15) is 9.59 Å². The topological polar surface area (TPSA) is 102 Å². The van der Waals surface area contributed by atoms with Crippen LogP contribution in [0.2, 0.25) is 0 Å². The highest BCUT2D eigenvalue weighted by molar-refractivity contribution is 7.99. The van der Waals surface area contributed by atoms with Gasteiger partial charge in [-0.05, 0) is 61.4 Å². The second kappa shape index (κ2) is 8.61. The highest BCUT2D eigenvalue weighted by atomic mass is 32.2. The van der Waals surface area contributed by atoms with Crippen LogP contribution in [0.5, 0.6) is 0 Å². The van der Waals surface area contributed by atoms with Crippen LogP contribution >= 0.6 is 11.8 Å². The normalized spacial score (nSPS) is 11.8. The summed E-state index contributed by atoms with van der Waals surface area (Å²) in [6.45, 7) is 8.01. The highest BCUT2D eigenvalue weighted by Gasteiger charge is 2.16. The lowest BCUT2D eigenvalue weighted by Crippen LogP contribution is -2.45. The zero-order chi connectivity index (χ0) is 18.4. The molecule has 1 aromatic heterocycles. The number of hydrogen-bond donors (Lipinski definition) is 2. The van der Waals surface area contributed by atoms with Crippen LogP contribution in [-0.2, 0) is 9.59 Å². The molecule has 0 aliphatic rings. The summed E-state index contributed by atoms with van der Waals surface area (Å²) in [6, 6.07) is 5.44. The van der Waals surface area contributed by atoms with E-state index in [-0.39, 0.29) is 17.6 Å². The number of nitrogens with one attached hydrogen (secondary N) is 2. The minimum absolute atomic E-state index is 0.120. The second-order valence-corrected chi connectivity index (χ2v) is 6.63. The fraction of sp³-hybridized carbons (Fsp3) is 0.438. The monoisotopic (exact) mass is 362 g/mol. The average molecular weight is 362 g/mol. The van der Waals surface area contributed by atoms with E-state index >= 15 is 0 Å². The van der Waals surface area contributed by atoms with Gasteiger partial charge in [0.2, 0.25) is 17.0 Å². The summed E-state index contributed by atoms with van der Waals surface area (Å²) >= 11 is 1.22. The average Bonchev–Trinajstić information content (AvgIpc) is 3.00. The van der Waals surface area contributed by atoms with E-state index in [1.807, 2.05) is 32.9 Å². The Balaban J connectivity index is 1.99. The van der Waals surface area contributed by atoms with Crippen molar-refractivity contribution in [1.82, 2.24) is 30.8 Å². The number of hydrogen-bond acceptors (Lipinski definition) is 6. The molecule has 0 aliphatic carbocycles. The molecule has 8 nitrogen and oxygen atoms in total. The summed E-state index contributed by atoms with van der Waals surface area (Å²) in [5.74, 6) is -0.339. The molecule has 0 unspecified atom stereocenters. The van der Waals surface area contributed by atoms with Crippen LogP contribution in [0.15, 0.2) is 23.4 Å². The number of likely N-dealkylation sites (N-methyl/N-ethyl adjacent to an activating group) is 1. The van der Waals surface area contributed by atoms with Crippen molar-refractivity contribution in [1.29, 1.82) is 0 Å². The molecule has 134 valence electrons. The number of carbonyl (C=O) groups is 2. The third kappa shape index (κ3) is 5.28. The van der Waals surface area contributed by atoms with Crippen LogP contribution in [0.25, 0.3) is 5.69 Å². The number of aromatic nitrogens is 4. The maximum atomic E-state index is 12.0. The molecule has 2 amide bonds. The fourth-order valence-electron chi connectivity index (χ4n) is 2.31. The Bertz CT molecular complexity index is 741. The Morgan fingerprint density at radius 2 is 1.92 bits per heavy atom. The smallest absolute Gasteiger partial charge is 0.242 e. The molecule has 1 aromatic carbocycles. The molecule has 2 aromatic rings. The zero-order valence-electron chi connectivity index (χ0n) is 14.7. The number of carbonyl (C=O) groups excluding carboxylic acids is 2. The Morgan fingerprint density at radius 1 is 1.24 bits per heavy atom. The van der Waals surface area contributed by atoms with Gasteiger partial charge in [-0.3, -0.25) is 9.59 Å². The quantitative estimate of drug-likeness (QED) is 0.713. The number of rotatable bonds is 7. The summed E-state index contributed by atoms with van der Waals surface area (Å²) in [7, 11) is 0. The first-order valence-corrected chi connectivity index (χ1v) is 8.96. The standard InChI is InChI=1S/C16H22N6O2S/c1-5-17-15(24)12(4)18-14(23)9-25-16-19-20-21-22(16)13-7-10(2)6-11(3)8-13/h6-8,12H,5,9H2,1-4H3,(H,17,24)(H,18,23)/t12-/m0/s1. The second-order valence-electron chi connectivity index (χ2n) is 5.69. The molecule has 1 atom stereocenters. The molecule has 0 aliphatic heterocycles. The molecule has 0 fully saturated rings. The summed E-state index contributed by atoms with van der Waals surface area (Å²) in [4.78, 5) is 23.7. The summed E-state index contributed by atoms with van der Waals surface area (Å²) in [5, 5.41) is 17.5. The molecule has 0 saturated heterocycles. The fourth-order valence-corrected chi connectivity index (χ4v) is 3.01. The van der Waals surface area contributed by atoms with Crippen molar-refractivity contribution in [2.45, 2.75) is 38.9 Å². The summed E-state index contributed by atoms with van der Waals surface area (Å²) in [6.07, 6.45) is 0. The van der Waals surface area contributed by atoms with Crippen molar-refractivity contribution in [3.63, 3.8) is 0 Å². The van der Waals surface area contributed by atoms with E-state index in [1.165, 1.54) is 11.8 Å². The minimum atomic E-state index is -0.580. The van der Waals surface area contributed by atoms with E-state index in [0.29, 0.717) is 11.7 Å². The van der Waals surface area contributed by atoms with Crippen molar-refractivity contribution in [2.75, 3.05) is 12.3 Å². The lowest BCUT2D eigenvalue weighted by molar-refractivity contribution is -0.127. The highest BCUT2D eigenvalue weighted by Crippen LogP contribution is 2.19. The largest absolute Gasteiger partial charge is 0.355 e. The molecule has 2 N–H and O–H groups in total. The number of aryl methyl sites for hydroxylation is 2. The SMILES string of the molecule is CCNC(=O)[C@H](C)NC(=O)CSc1nnnn1-c1cc(C)cc(C)c1. The van der Waals surface area contributed by atoms with E-state index in [4.69, 9.17) is 0 Å². The van der Waals surface area contributed by atoms with Gasteiger partial charge in [-0.2, -0.15) is 4.68 Å². The molecule has 0 saturated carbocycles. The number of benzene rings is 1. The molecule has 1 heterocycles. The maximum Gasteiger partial charge on any atom is 0.242 e. The molecule has 0 spiro atoms. The molecule has 2 rings (SSSR count). The Kier molecular flexibility index (Phi) is 6.51. The molecular formula is C16H22N6O2S. The van der Waals surface area contributed by atoms with Crippen molar-refractivity contribution in [3.05, 3.63) is 29.3 Å². The third-order valence-corrected chi connectivity index (χ3v) is 4.27. The van der Waals surface area contributed by atoms with Gasteiger partial charge in [-0.15, -0.1) is 5.10 Å². The van der Waals surface area contributed by atoms with E-state index in [1.54, 1.807) is 11.6 Å². The van der Waals surface area contributed by atoms with Crippen LogP contribution in [0.4, 0.5) is 0 Å². The van der Waals surface area contributed by atoms with Gasteiger partial charge in [0.1, 0.15) is 6.04 Å². The first kappa shape index (κ1) is 18.9. The van der Waals surface area contributed by atoms with Crippen LogP contribution in [-0.4, -0.2) is 50.4 Å². The molecule has 25 heavy (non-hydrogen) atoms. The Morgan fingerprint density at radius 3 is 2.56 bits per heavy atom. The third-order valence-electron chi connectivity index (χ3n) is 3.35. The van der Waals surface area contributed by atoms with Gasteiger partial charge in [-0.25, -0.2) is 0 Å². The number of tetrazole rings is 1. The van der Waals surface area contributed by atoms with Gasteiger partial charge in [-0.1, -0.05) is 17.8 Å². The van der Waals surface area contributed by atoms with Gasteiger partial charge in [0.25, 0.3) is 0 Å². The van der Waals surface area contributed by atoms with Crippen LogP contribution < -0.4 is 10.6 Å². The van der Waals surface area contributed by atoms with E-state index < -0.39 is 6.04 Å². The van der Waals surface area contributed by atoms with Crippen molar-refractivity contribution < 1.29 is 9.59 Å². The van der Waals surface area contributed by atoms with Crippen LogP contribution in [0.3, 0.4) is 0 Å². The number of nitrogens with zero attached hydrogens (tertiary/aromatic N) is 4. The molecule has 0 bridgehead atoms. The Hall–Kier alpha value is -2.42. The lowest BCUT2D eigenvalue weighted by Gasteiger charge is -2.13. The number of amides is 2. The maximum absolute atomic E-state index is 12.0. The van der Waals surface area contributed by atoms with Gasteiger partial charge in [0.05, 0.1) is 11.4 Å². The van der Waals surface area contributed by atoms with Gasteiger partial charge in [0.15, 0.2) is 0 Å². The van der Waals surface area contributed by atoms with Gasteiger partial charge < -0.3 is 10.6 Å². The predicted octanol–water partition coefficient (Wildman–Crippen LogP) is 1.01. The minimum Gasteiger partial charge on any atom is -0.355 e. The molecular weight excluding hydrogens is 340 g/mol. The van der Waals surface area contributed by atoms with Crippen molar-refractivity contribution in [3.8, 4) is 5.69 Å². The molecule has 0 radical (unpaired) electrons. The molecule has 9 heteroatoms. The summed E-state index contributed by atoms with van der Waals surface area (Å²) in [5.41, 5.74) is 3.06. The van der Waals surface area contributed by atoms with Crippen molar-refractivity contribution in [2.24, 2.45) is 0 Å². The first-order valence-electron chi connectivity index (χ1n) is 7.97. The Labute approximate surface area is 150 Å². The van der Waals surface area contributed by atoms with Crippen LogP contribution in [0.1, 0.15) is 25.0 Å². The summed E-state index contributed by atoms with van der Waals surface area (Å²) < 4.78 is 1.60. The van der Waals surface area contributed by atoms with Crippen LogP contribution in [0, 0.1) is 13.8 Å². The predicted molar refractivity (Wildman–Crippen MR) is 95.6 cm³/mol. The van der Waals surface area contributed by atoms with Gasteiger partial charge >= 0.3 is 0 Å². The van der Waals surface area contributed by atoms with Crippen molar-refractivity contribution >= 4 is 23.6 Å². The van der Waals surface area contributed by atoms with E-state index in [2.05, 4.69) is 32.2 Å². The zero-order valence-corrected chi connectivity index (χ0v) is 15.6. The van der Waals surface area contributed by atoms with E-state index in [0.717, 1.165) is 16.8 Å².